The van der Waals surface area contributed by atoms with Gasteiger partial charge in [-0.25, -0.2) is 8.42 Å². The number of ether oxygens (including phenoxy) is 1. The van der Waals surface area contributed by atoms with Gasteiger partial charge in [0.25, 0.3) is 15.9 Å². The Labute approximate surface area is 188 Å². The molecule has 1 unspecified atom stereocenters. The van der Waals surface area contributed by atoms with Crippen LogP contribution in [0.5, 0.6) is 5.75 Å². The third kappa shape index (κ3) is 4.21. The number of carbonyl (C=O) groups excluding carboxylic acids is 1. The predicted octanol–water partition coefficient (Wildman–Crippen LogP) is 4.56. The molecule has 0 aromatic heterocycles. The Kier molecular flexibility index (Phi) is 5.93. The summed E-state index contributed by atoms with van der Waals surface area (Å²) in [5, 5.41) is 0. The quantitative estimate of drug-likeness (QED) is 0.597. The molecule has 0 heterocycles. The van der Waals surface area contributed by atoms with Crippen molar-refractivity contribution < 1.29 is 17.9 Å². The number of carbonyl (C=O) groups is 1. The number of anilines is 1. The molecule has 7 heteroatoms. The molecule has 1 atom stereocenters. The van der Waals surface area contributed by atoms with Gasteiger partial charge in [0.1, 0.15) is 5.75 Å². The number of hydrogen-bond acceptors (Lipinski definition) is 4. The van der Waals surface area contributed by atoms with Crippen molar-refractivity contribution in [1.29, 1.82) is 0 Å². The van der Waals surface area contributed by atoms with Gasteiger partial charge in [-0.15, -0.1) is 0 Å². The number of hydrogen-bond donors (Lipinski definition) is 1. The van der Waals surface area contributed by atoms with E-state index in [9.17, 15) is 13.2 Å². The van der Waals surface area contributed by atoms with E-state index in [1.54, 1.807) is 62.4 Å². The van der Waals surface area contributed by atoms with Crippen molar-refractivity contribution in [1.82, 2.24) is 4.90 Å². The van der Waals surface area contributed by atoms with E-state index in [0.717, 1.165) is 18.4 Å². The zero-order chi connectivity index (χ0) is 22.9. The minimum atomic E-state index is -3.87. The van der Waals surface area contributed by atoms with Crippen molar-refractivity contribution in [3.63, 3.8) is 0 Å². The highest BCUT2D eigenvalue weighted by Gasteiger charge is 2.29. The van der Waals surface area contributed by atoms with Gasteiger partial charge in [0.2, 0.25) is 0 Å². The van der Waals surface area contributed by atoms with Crippen molar-refractivity contribution in [2.24, 2.45) is 0 Å². The Morgan fingerprint density at radius 2 is 1.78 bits per heavy atom. The number of nitrogens with one attached hydrogen (secondary N) is 1. The Morgan fingerprint density at radius 1 is 1.06 bits per heavy atom. The van der Waals surface area contributed by atoms with Crippen molar-refractivity contribution in [2.75, 3.05) is 18.9 Å². The molecular weight excluding hydrogens is 424 g/mol. The first-order valence-electron chi connectivity index (χ1n) is 10.4. The molecule has 0 radical (unpaired) electrons. The van der Waals surface area contributed by atoms with Crippen LogP contribution in [-0.2, 0) is 16.4 Å². The van der Waals surface area contributed by atoms with Gasteiger partial charge >= 0.3 is 0 Å². The lowest BCUT2D eigenvalue weighted by atomic mass is 10.1. The maximum Gasteiger partial charge on any atom is 0.262 e. The lowest BCUT2D eigenvalue weighted by Crippen LogP contribution is -2.30. The van der Waals surface area contributed by atoms with E-state index >= 15 is 0 Å². The molecule has 1 aliphatic carbocycles. The highest BCUT2D eigenvalue weighted by molar-refractivity contribution is 7.92. The molecule has 4 rings (SSSR count). The normalized spacial score (nSPS) is 15.2. The molecule has 0 bridgehead atoms. The van der Waals surface area contributed by atoms with Crippen LogP contribution in [0.1, 0.15) is 39.5 Å². The van der Waals surface area contributed by atoms with Crippen LogP contribution in [0.25, 0.3) is 0 Å². The number of benzene rings is 3. The second kappa shape index (κ2) is 8.67. The molecule has 0 saturated heterocycles. The summed E-state index contributed by atoms with van der Waals surface area (Å²) < 4.78 is 33.8. The standard InChI is InChI=1S/C25H26N2O4S/c1-17-8-9-19(25(28)27(2)23-15-10-18-6-4-5-7-22(18)23)16-24(17)32(29,30)26-20-11-13-21(31-3)14-12-20/h4-9,11-14,16,23,26H,10,15H2,1-3H3. The highest BCUT2D eigenvalue weighted by atomic mass is 32.2. The fourth-order valence-corrected chi connectivity index (χ4v) is 5.50. The maximum absolute atomic E-state index is 13.3. The van der Waals surface area contributed by atoms with Crippen LogP contribution in [0, 0.1) is 6.92 Å². The van der Waals surface area contributed by atoms with Gasteiger partial charge in [0.05, 0.1) is 18.0 Å². The minimum Gasteiger partial charge on any atom is -0.497 e. The van der Waals surface area contributed by atoms with Crippen LogP contribution in [0.4, 0.5) is 5.69 Å². The smallest absolute Gasteiger partial charge is 0.262 e. The van der Waals surface area contributed by atoms with Crippen LogP contribution in [0.15, 0.2) is 71.6 Å². The van der Waals surface area contributed by atoms with Crippen molar-refractivity contribution in [2.45, 2.75) is 30.7 Å². The van der Waals surface area contributed by atoms with E-state index in [2.05, 4.69) is 16.9 Å². The Balaban J connectivity index is 1.59. The monoisotopic (exact) mass is 450 g/mol. The van der Waals surface area contributed by atoms with Gasteiger partial charge in [-0.1, -0.05) is 30.3 Å². The van der Waals surface area contributed by atoms with Gasteiger partial charge in [-0.05, 0) is 72.9 Å². The molecule has 1 N–H and O–H groups in total. The number of nitrogens with zero attached hydrogens (tertiary/aromatic N) is 1. The zero-order valence-electron chi connectivity index (χ0n) is 18.3. The summed E-state index contributed by atoms with van der Waals surface area (Å²) >= 11 is 0. The zero-order valence-corrected chi connectivity index (χ0v) is 19.1. The number of sulfonamides is 1. The van der Waals surface area contributed by atoms with Gasteiger partial charge in [0.15, 0.2) is 0 Å². The SMILES string of the molecule is COc1ccc(NS(=O)(=O)c2cc(C(=O)N(C)C3CCc4ccccc43)ccc2C)cc1. The van der Waals surface area contributed by atoms with Gasteiger partial charge in [0, 0.05) is 18.3 Å². The summed E-state index contributed by atoms with van der Waals surface area (Å²) in [4.78, 5) is 15.1. The van der Waals surface area contributed by atoms with Gasteiger partial charge in [-0.2, -0.15) is 0 Å². The highest BCUT2D eigenvalue weighted by Crippen LogP contribution is 2.35. The van der Waals surface area contributed by atoms with Crippen molar-refractivity contribution in [3.8, 4) is 5.75 Å². The topological polar surface area (TPSA) is 75.7 Å². The Bertz CT molecular complexity index is 1250. The molecule has 6 nitrogen and oxygen atoms in total. The molecule has 0 aliphatic heterocycles. The van der Waals surface area contributed by atoms with E-state index < -0.39 is 10.0 Å². The molecule has 0 fully saturated rings. The number of amides is 1. The fraction of sp³-hybridized carbons (Fsp3) is 0.240. The number of aryl methyl sites for hydroxylation is 2. The van der Waals surface area contributed by atoms with E-state index in [4.69, 9.17) is 4.74 Å². The second-order valence-corrected chi connectivity index (χ2v) is 9.63. The van der Waals surface area contributed by atoms with E-state index in [-0.39, 0.29) is 16.8 Å². The maximum atomic E-state index is 13.3. The van der Waals surface area contributed by atoms with Crippen LogP contribution in [0.3, 0.4) is 0 Å². The predicted molar refractivity (Wildman–Crippen MR) is 125 cm³/mol. The Morgan fingerprint density at radius 3 is 2.50 bits per heavy atom. The summed E-state index contributed by atoms with van der Waals surface area (Å²) in [7, 11) is -0.550. The van der Waals surface area contributed by atoms with Crippen LogP contribution >= 0.6 is 0 Å². The second-order valence-electron chi connectivity index (χ2n) is 7.98. The van der Waals surface area contributed by atoms with Crippen LogP contribution in [0.2, 0.25) is 0 Å². The summed E-state index contributed by atoms with van der Waals surface area (Å²) in [5.74, 6) is 0.431. The van der Waals surface area contributed by atoms with E-state index in [0.29, 0.717) is 22.6 Å². The lowest BCUT2D eigenvalue weighted by molar-refractivity contribution is 0.0730. The molecule has 3 aromatic rings. The largest absolute Gasteiger partial charge is 0.497 e. The van der Waals surface area contributed by atoms with Gasteiger partial charge in [-0.3, -0.25) is 9.52 Å². The van der Waals surface area contributed by atoms with E-state index in [1.807, 2.05) is 12.1 Å². The average molecular weight is 451 g/mol. The Hall–Kier alpha value is -3.32. The third-order valence-corrected chi connectivity index (χ3v) is 7.48. The number of rotatable bonds is 6. The summed E-state index contributed by atoms with van der Waals surface area (Å²) in [5.41, 5.74) is 3.74. The molecule has 166 valence electrons. The first-order chi connectivity index (χ1) is 15.3. The van der Waals surface area contributed by atoms with Gasteiger partial charge < -0.3 is 9.64 Å². The lowest BCUT2D eigenvalue weighted by Gasteiger charge is -2.26. The molecule has 1 aliphatic rings. The summed E-state index contributed by atoms with van der Waals surface area (Å²) in [6.07, 6.45) is 1.79. The first kappa shape index (κ1) is 21.9. The van der Waals surface area contributed by atoms with Crippen molar-refractivity contribution in [3.05, 3.63) is 89.0 Å². The molecule has 32 heavy (non-hydrogen) atoms. The molecule has 1 amide bonds. The molecule has 3 aromatic carbocycles. The summed E-state index contributed by atoms with van der Waals surface area (Å²) in [6, 6.07) is 19.6. The van der Waals surface area contributed by atoms with Crippen LogP contribution in [-0.4, -0.2) is 33.4 Å². The molecule has 0 saturated carbocycles. The molecule has 0 spiro atoms. The number of fused-ring (bicyclic) bond motifs is 1. The van der Waals surface area contributed by atoms with Crippen LogP contribution < -0.4 is 9.46 Å². The van der Waals surface area contributed by atoms with E-state index in [1.165, 1.54) is 11.6 Å². The fourth-order valence-electron chi connectivity index (χ4n) is 4.17. The summed E-state index contributed by atoms with van der Waals surface area (Å²) in [6.45, 7) is 1.72. The van der Waals surface area contributed by atoms with Crippen molar-refractivity contribution >= 4 is 21.6 Å². The first-order valence-corrected chi connectivity index (χ1v) is 11.9. The third-order valence-electron chi connectivity index (χ3n) is 5.96. The molecular formula is C25H26N2O4S. The minimum absolute atomic E-state index is 0.0162. The number of methoxy groups -OCH3 is 1. The average Bonchev–Trinajstić information content (AvgIpc) is 3.23.